The monoisotopic (exact) mass is 337 g/mol. The van der Waals surface area contributed by atoms with E-state index >= 15 is 0 Å². The zero-order chi connectivity index (χ0) is 17.1. The van der Waals surface area contributed by atoms with Crippen LogP contribution in [0.5, 0.6) is 0 Å². The van der Waals surface area contributed by atoms with Crippen LogP contribution in [0.1, 0.15) is 0 Å². The third-order valence-corrected chi connectivity index (χ3v) is 2.31. The van der Waals surface area contributed by atoms with E-state index in [1.54, 1.807) is 0 Å². The normalized spacial score (nSPS) is 14.4. The van der Waals surface area contributed by atoms with Gasteiger partial charge in [0.1, 0.15) is 18.5 Å². The zero-order valence-corrected chi connectivity index (χ0v) is 10.5. The second-order valence-electron chi connectivity index (χ2n) is 4.09. The molecule has 1 heterocycles. The van der Waals surface area contributed by atoms with Gasteiger partial charge in [0.15, 0.2) is 0 Å². The van der Waals surface area contributed by atoms with E-state index in [1.165, 1.54) is 0 Å². The highest BCUT2D eigenvalue weighted by atomic mass is 19.4. The number of hydrogen-bond donors (Lipinski definition) is 1. The molecule has 0 aliphatic rings. The van der Waals surface area contributed by atoms with E-state index in [0.29, 0.717) is 0 Å². The van der Waals surface area contributed by atoms with Crippen molar-refractivity contribution in [1.29, 1.82) is 0 Å². The van der Waals surface area contributed by atoms with Crippen LogP contribution in [0.2, 0.25) is 0 Å². The minimum Gasteiger partial charge on any atom is -0.390 e. The van der Waals surface area contributed by atoms with Crippen molar-refractivity contribution >= 4 is 5.95 Å². The molecular formula is C9H9F6N3O4. The first-order chi connectivity index (χ1) is 9.93. The summed E-state index contributed by atoms with van der Waals surface area (Å²) < 4.78 is 77.5. The predicted octanol–water partition coefficient (Wildman–Crippen LogP) is 1.66. The van der Waals surface area contributed by atoms with Gasteiger partial charge in [0, 0.05) is 0 Å². The van der Waals surface area contributed by atoms with Crippen molar-refractivity contribution in [3.8, 4) is 0 Å². The molecule has 0 fully saturated rings. The van der Waals surface area contributed by atoms with Crippen molar-refractivity contribution in [3.63, 3.8) is 0 Å². The molecule has 1 N–H and O–H groups in total. The molecule has 0 radical (unpaired) electrons. The van der Waals surface area contributed by atoms with Crippen LogP contribution >= 0.6 is 0 Å². The summed E-state index contributed by atoms with van der Waals surface area (Å²) in [6, 6.07) is 0. The highest BCUT2D eigenvalue weighted by molar-refractivity contribution is 5.06. The van der Waals surface area contributed by atoms with Crippen LogP contribution in [-0.2, 0) is 11.3 Å². The van der Waals surface area contributed by atoms with E-state index in [4.69, 9.17) is 0 Å². The fraction of sp³-hybridized carbons (Fsp3) is 0.667. The zero-order valence-electron chi connectivity index (χ0n) is 10.5. The number of nitrogens with zero attached hydrogens (tertiary/aromatic N) is 3. The number of halogens is 6. The fourth-order valence-corrected chi connectivity index (χ4v) is 1.48. The van der Waals surface area contributed by atoms with Gasteiger partial charge in [-0.15, -0.1) is 0 Å². The minimum atomic E-state index is -5.70. The molecule has 1 aromatic heterocycles. The summed E-state index contributed by atoms with van der Waals surface area (Å²) in [5.74, 6) is -0.720. The van der Waals surface area contributed by atoms with Crippen molar-refractivity contribution in [1.82, 2.24) is 9.55 Å². The summed E-state index contributed by atoms with van der Waals surface area (Å²) >= 11 is 0. The van der Waals surface area contributed by atoms with Crippen LogP contribution < -0.4 is 0 Å². The van der Waals surface area contributed by atoms with Crippen molar-refractivity contribution < 1.29 is 41.1 Å². The smallest absolute Gasteiger partial charge is 0.390 e. The Morgan fingerprint density at radius 1 is 1.32 bits per heavy atom. The van der Waals surface area contributed by atoms with Gasteiger partial charge in [-0.05, 0) is 4.92 Å². The van der Waals surface area contributed by atoms with Crippen molar-refractivity contribution in [3.05, 3.63) is 22.5 Å². The Hall–Kier alpha value is -1.89. The van der Waals surface area contributed by atoms with Gasteiger partial charge in [-0.3, -0.25) is 0 Å². The maximum Gasteiger partial charge on any atom is 0.434 e. The Bertz CT molecular complexity index is 500. The number of hydrogen-bond acceptors (Lipinski definition) is 5. The molecule has 1 unspecified atom stereocenters. The first-order valence-corrected chi connectivity index (χ1v) is 5.51. The number of ether oxygens (including phenoxy) is 1. The van der Waals surface area contributed by atoms with Crippen LogP contribution in [0.25, 0.3) is 0 Å². The molecule has 0 saturated heterocycles. The second kappa shape index (κ2) is 6.48. The average Bonchev–Trinajstić information content (AvgIpc) is 2.73. The first kappa shape index (κ1) is 18.2. The molecule has 1 atom stereocenters. The van der Waals surface area contributed by atoms with E-state index in [2.05, 4.69) is 9.72 Å². The number of aliphatic hydroxyl groups excluding tert-OH is 1. The lowest BCUT2D eigenvalue weighted by Crippen LogP contribution is -2.45. The molecule has 0 aliphatic heterocycles. The van der Waals surface area contributed by atoms with Gasteiger partial charge in [-0.25, -0.2) is 4.57 Å². The Balaban J connectivity index is 2.67. The second-order valence-corrected chi connectivity index (χ2v) is 4.09. The Labute approximate surface area is 118 Å². The number of aliphatic hydroxyl groups is 1. The fourth-order valence-electron chi connectivity index (χ4n) is 1.48. The van der Waals surface area contributed by atoms with Crippen LogP contribution in [-0.4, -0.2) is 50.7 Å². The lowest BCUT2D eigenvalue weighted by Gasteiger charge is -2.24. The Morgan fingerprint density at radius 3 is 2.32 bits per heavy atom. The SMILES string of the molecule is O=[N+]([O-])c1nccn1CC(O)COC(C(F)(F)F)C(F)(F)F. The minimum absolute atomic E-state index is 0.654. The van der Waals surface area contributed by atoms with Gasteiger partial charge in [-0.2, -0.15) is 26.3 Å². The quantitative estimate of drug-likeness (QED) is 0.484. The summed E-state index contributed by atoms with van der Waals surface area (Å²) in [6.45, 7) is -1.97. The van der Waals surface area contributed by atoms with E-state index < -0.39 is 48.6 Å². The molecule has 7 nitrogen and oxygen atoms in total. The molecule has 22 heavy (non-hydrogen) atoms. The lowest BCUT2D eigenvalue weighted by molar-refractivity contribution is -0.397. The van der Waals surface area contributed by atoms with Gasteiger partial charge in [0.05, 0.1) is 13.2 Å². The first-order valence-electron chi connectivity index (χ1n) is 5.51. The molecule has 126 valence electrons. The highest BCUT2D eigenvalue weighted by Crippen LogP contribution is 2.35. The third-order valence-electron chi connectivity index (χ3n) is 2.31. The van der Waals surface area contributed by atoms with E-state index in [9.17, 15) is 41.6 Å². The highest BCUT2D eigenvalue weighted by Gasteiger charge is 2.58. The maximum absolute atomic E-state index is 12.2. The van der Waals surface area contributed by atoms with Gasteiger partial charge in [0.2, 0.25) is 6.10 Å². The van der Waals surface area contributed by atoms with Crippen LogP contribution in [0.3, 0.4) is 0 Å². The van der Waals surface area contributed by atoms with Crippen molar-refractivity contribution in [2.75, 3.05) is 6.61 Å². The number of alkyl halides is 6. The predicted molar refractivity (Wildman–Crippen MR) is 56.7 cm³/mol. The largest absolute Gasteiger partial charge is 0.434 e. The molecule has 0 aromatic carbocycles. The maximum atomic E-state index is 12.2. The van der Waals surface area contributed by atoms with Crippen molar-refractivity contribution in [2.45, 2.75) is 31.1 Å². The summed E-state index contributed by atoms with van der Waals surface area (Å²) in [4.78, 5) is 12.9. The number of nitro groups is 1. The van der Waals surface area contributed by atoms with Crippen molar-refractivity contribution in [2.24, 2.45) is 0 Å². The summed E-state index contributed by atoms with van der Waals surface area (Å²) in [5.41, 5.74) is 0. The number of aromatic nitrogens is 2. The molecule has 0 bridgehead atoms. The number of rotatable bonds is 6. The van der Waals surface area contributed by atoms with E-state index in [1.807, 2.05) is 0 Å². The summed E-state index contributed by atoms with van der Waals surface area (Å²) in [7, 11) is 0. The van der Waals surface area contributed by atoms with Crippen LogP contribution in [0.4, 0.5) is 32.3 Å². The van der Waals surface area contributed by atoms with Crippen LogP contribution in [0, 0.1) is 10.1 Å². The molecule has 13 heteroatoms. The topological polar surface area (TPSA) is 90.4 Å². The van der Waals surface area contributed by atoms with Gasteiger partial charge in [0.25, 0.3) is 0 Å². The van der Waals surface area contributed by atoms with E-state index in [0.717, 1.165) is 17.0 Å². The van der Waals surface area contributed by atoms with Gasteiger partial charge < -0.3 is 20.0 Å². The molecule has 0 saturated carbocycles. The summed E-state index contributed by atoms with van der Waals surface area (Å²) in [5, 5.41) is 19.9. The van der Waals surface area contributed by atoms with Gasteiger partial charge >= 0.3 is 18.3 Å². The summed E-state index contributed by atoms with van der Waals surface area (Å²) in [6.07, 6.45) is -15.3. The molecule has 0 amide bonds. The molecular weight excluding hydrogens is 328 g/mol. The molecule has 1 rings (SSSR count). The Morgan fingerprint density at radius 2 is 1.86 bits per heavy atom. The molecule has 0 aliphatic carbocycles. The Kier molecular flexibility index (Phi) is 5.35. The third kappa shape index (κ3) is 4.84. The van der Waals surface area contributed by atoms with E-state index in [-0.39, 0.29) is 0 Å². The number of imidazole rings is 1. The van der Waals surface area contributed by atoms with Gasteiger partial charge in [-0.1, -0.05) is 4.98 Å². The average molecular weight is 337 g/mol. The molecule has 1 aromatic rings. The molecule has 0 spiro atoms. The van der Waals surface area contributed by atoms with Crippen LogP contribution in [0.15, 0.2) is 12.4 Å². The lowest BCUT2D eigenvalue weighted by atomic mass is 10.3. The standard InChI is InChI=1S/C9H9F6N3O4/c10-8(11,12)6(9(13,14)15)22-4-5(19)3-17-2-1-16-7(17)18(20)21/h1-2,5-6,19H,3-4H2.